The molecule has 0 aromatic carbocycles. The summed E-state index contributed by atoms with van der Waals surface area (Å²) in [5.41, 5.74) is 5.70. The van der Waals surface area contributed by atoms with Gasteiger partial charge in [0.15, 0.2) is 0 Å². The molecular formula is C18H24F3N7. The molecule has 2 aromatic heterocycles. The standard InChI is InChI=1S/C18H24F3N7/c1-28-14(8-10-2-3-10)16(26-27-28)15-13(18(19,20)21)9-23-17(25-15)24-12-6-4-11(22)5-7-12/h9-12H,2-8,22H2,1H3,(H,23,24,25)/t11-,12-. The third kappa shape index (κ3) is 4.11. The highest BCUT2D eigenvalue weighted by Crippen LogP contribution is 2.39. The van der Waals surface area contributed by atoms with Gasteiger partial charge >= 0.3 is 6.18 Å². The van der Waals surface area contributed by atoms with Gasteiger partial charge in [0.1, 0.15) is 17.0 Å². The molecule has 0 atom stereocenters. The third-order valence-corrected chi connectivity index (χ3v) is 5.55. The van der Waals surface area contributed by atoms with Crippen LogP contribution >= 0.6 is 0 Å². The van der Waals surface area contributed by atoms with E-state index in [0.29, 0.717) is 18.0 Å². The van der Waals surface area contributed by atoms with Crippen LogP contribution in [0.2, 0.25) is 0 Å². The van der Waals surface area contributed by atoms with Gasteiger partial charge in [0.2, 0.25) is 5.95 Å². The fourth-order valence-corrected chi connectivity index (χ4v) is 3.67. The number of anilines is 1. The zero-order chi connectivity index (χ0) is 19.9. The Balaban J connectivity index is 1.68. The van der Waals surface area contributed by atoms with E-state index in [1.165, 1.54) is 0 Å². The Hall–Kier alpha value is -2.23. The molecule has 2 aromatic rings. The zero-order valence-corrected chi connectivity index (χ0v) is 15.7. The summed E-state index contributed by atoms with van der Waals surface area (Å²) in [6.45, 7) is 0. The minimum absolute atomic E-state index is 0.108. The smallest absolute Gasteiger partial charge is 0.351 e. The molecule has 0 aliphatic heterocycles. The van der Waals surface area contributed by atoms with Crippen molar-refractivity contribution in [1.82, 2.24) is 25.0 Å². The first-order chi connectivity index (χ1) is 13.3. The van der Waals surface area contributed by atoms with Gasteiger partial charge in [-0.05, 0) is 50.9 Å². The highest BCUT2D eigenvalue weighted by molar-refractivity contribution is 5.63. The van der Waals surface area contributed by atoms with Gasteiger partial charge < -0.3 is 11.1 Å². The average molecular weight is 395 g/mol. The van der Waals surface area contributed by atoms with Crippen molar-refractivity contribution >= 4 is 5.95 Å². The topological polar surface area (TPSA) is 94.5 Å². The minimum atomic E-state index is -4.57. The molecule has 10 heteroatoms. The summed E-state index contributed by atoms with van der Waals surface area (Å²) in [6, 6.07) is 0.295. The van der Waals surface area contributed by atoms with E-state index in [2.05, 4.69) is 25.6 Å². The Morgan fingerprint density at radius 2 is 1.86 bits per heavy atom. The van der Waals surface area contributed by atoms with Crippen LogP contribution in [0.25, 0.3) is 11.4 Å². The Kier molecular flexibility index (Phi) is 4.98. The van der Waals surface area contributed by atoms with Gasteiger partial charge in [-0.15, -0.1) is 5.10 Å². The Morgan fingerprint density at radius 1 is 1.14 bits per heavy atom. The van der Waals surface area contributed by atoms with Crippen LogP contribution in [-0.2, 0) is 19.6 Å². The first kappa shape index (κ1) is 19.1. The number of nitrogens with zero attached hydrogens (tertiary/aromatic N) is 5. The Bertz CT molecular complexity index is 836. The number of alkyl halides is 3. The van der Waals surface area contributed by atoms with Crippen LogP contribution in [0.1, 0.15) is 49.8 Å². The van der Waals surface area contributed by atoms with Crippen molar-refractivity contribution in [2.75, 3.05) is 5.32 Å². The number of nitrogens with two attached hydrogens (primary N) is 1. The monoisotopic (exact) mass is 395 g/mol. The number of rotatable bonds is 5. The van der Waals surface area contributed by atoms with E-state index in [1.54, 1.807) is 11.7 Å². The minimum Gasteiger partial charge on any atom is -0.351 e. The predicted molar refractivity (Wildman–Crippen MR) is 97.3 cm³/mol. The first-order valence-corrected chi connectivity index (χ1v) is 9.66. The number of hydrogen-bond donors (Lipinski definition) is 2. The van der Waals surface area contributed by atoms with E-state index >= 15 is 0 Å². The van der Waals surface area contributed by atoms with Crippen LogP contribution < -0.4 is 11.1 Å². The molecule has 152 valence electrons. The van der Waals surface area contributed by atoms with E-state index in [9.17, 15) is 13.2 Å². The van der Waals surface area contributed by atoms with Gasteiger partial charge in [0, 0.05) is 25.3 Å². The summed E-state index contributed by atoms with van der Waals surface area (Å²) < 4.78 is 42.4. The number of nitrogens with one attached hydrogen (secondary N) is 1. The summed E-state index contributed by atoms with van der Waals surface area (Å²) in [7, 11) is 1.70. The molecule has 28 heavy (non-hydrogen) atoms. The van der Waals surface area contributed by atoms with E-state index in [-0.39, 0.29) is 29.4 Å². The molecule has 0 spiro atoms. The summed E-state index contributed by atoms with van der Waals surface area (Å²) in [5, 5.41) is 11.1. The van der Waals surface area contributed by atoms with Crippen molar-refractivity contribution in [3.8, 4) is 11.4 Å². The molecule has 4 rings (SSSR count). The van der Waals surface area contributed by atoms with Crippen LogP contribution in [0.4, 0.5) is 19.1 Å². The van der Waals surface area contributed by atoms with Crippen molar-refractivity contribution in [3.63, 3.8) is 0 Å². The van der Waals surface area contributed by atoms with Crippen molar-refractivity contribution in [3.05, 3.63) is 17.5 Å². The van der Waals surface area contributed by atoms with Gasteiger partial charge in [-0.1, -0.05) is 5.21 Å². The molecule has 2 aliphatic carbocycles. The van der Waals surface area contributed by atoms with Gasteiger partial charge in [0.05, 0.1) is 5.69 Å². The lowest BCUT2D eigenvalue weighted by Crippen LogP contribution is -2.33. The van der Waals surface area contributed by atoms with Crippen molar-refractivity contribution in [2.45, 2.75) is 63.2 Å². The third-order valence-electron chi connectivity index (χ3n) is 5.55. The van der Waals surface area contributed by atoms with Crippen LogP contribution in [-0.4, -0.2) is 37.0 Å². The van der Waals surface area contributed by atoms with E-state index < -0.39 is 11.7 Å². The molecular weight excluding hydrogens is 371 g/mol. The molecule has 2 aliphatic rings. The molecule has 7 nitrogen and oxygen atoms in total. The van der Waals surface area contributed by atoms with Gasteiger partial charge in [0.25, 0.3) is 0 Å². The van der Waals surface area contributed by atoms with Gasteiger partial charge in [-0.2, -0.15) is 13.2 Å². The lowest BCUT2D eigenvalue weighted by molar-refractivity contribution is -0.137. The van der Waals surface area contributed by atoms with Crippen LogP contribution in [0.3, 0.4) is 0 Å². The average Bonchev–Trinajstić information content (AvgIpc) is 3.39. The SMILES string of the molecule is Cn1nnc(-c2nc(N[C@H]3CC[C@H](N)CC3)ncc2C(F)(F)F)c1CC1CC1. The van der Waals surface area contributed by atoms with Crippen molar-refractivity contribution in [1.29, 1.82) is 0 Å². The molecule has 0 radical (unpaired) electrons. The Labute approximate surface area is 160 Å². The lowest BCUT2D eigenvalue weighted by atomic mass is 9.92. The highest BCUT2D eigenvalue weighted by atomic mass is 19.4. The number of hydrogen-bond acceptors (Lipinski definition) is 6. The quantitative estimate of drug-likeness (QED) is 0.808. The zero-order valence-electron chi connectivity index (χ0n) is 15.7. The molecule has 0 bridgehead atoms. The van der Waals surface area contributed by atoms with Crippen molar-refractivity contribution < 1.29 is 13.2 Å². The second-order valence-electron chi connectivity index (χ2n) is 7.87. The molecule has 0 unspecified atom stereocenters. The Morgan fingerprint density at radius 3 is 2.50 bits per heavy atom. The predicted octanol–water partition coefficient (Wildman–Crippen LogP) is 2.93. The van der Waals surface area contributed by atoms with E-state index in [1.807, 2.05) is 0 Å². The molecule has 2 saturated carbocycles. The number of aromatic nitrogens is 5. The molecule has 0 amide bonds. The number of halogens is 3. The summed E-state index contributed by atoms with van der Waals surface area (Å²) in [5.74, 6) is 0.669. The normalized spacial score (nSPS) is 23.0. The molecule has 2 fully saturated rings. The number of aryl methyl sites for hydroxylation is 1. The summed E-state index contributed by atoms with van der Waals surface area (Å²) >= 11 is 0. The fourth-order valence-electron chi connectivity index (χ4n) is 3.67. The fraction of sp³-hybridized carbons (Fsp3) is 0.667. The largest absolute Gasteiger partial charge is 0.420 e. The molecule has 0 saturated heterocycles. The van der Waals surface area contributed by atoms with Crippen LogP contribution in [0, 0.1) is 5.92 Å². The van der Waals surface area contributed by atoms with Gasteiger partial charge in [-0.3, -0.25) is 4.68 Å². The van der Waals surface area contributed by atoms with E-state index in [4.69, 9.17) is 5.73 Å². The summed E-state index contributed by atoms with van der Waals surface area (Å²) in [6.07, 6.45) is 2.53. The first-order valence-electron chi connectivity index (χ1n) is 9.66. The summed E-state index contributed by atoms with van der Waals surface area (Å²) in [4.78, 5) is 8.16. The van der Waals surface area contributed by atoms with Crippen LogP contribution in [0.15, 0.2) is 6.20 Å². The lowest BCUT2D eigenvalue weighted by Gasteiger charge is -2.27. The van der Waals surface area contributed by atoms with Crippen LogP contribution in [0.5, 0.6) is 0 Å². The maximum Gasteiger partial charge on any atom is 0.420 e. The maximum atomic E-state index is 13.6. The second kappa shape index (κ2) is 7.31. The maximum absolute atomic E-state index is 13.6. The molecule has 3 N–H and O–H groups in total. The van der Waals surface area contributed by atoms with Crippen molar-refractivity contribution in [2.24, 2.45) is 18.7 Å². The van der Waals surface area contributed by atoms with E-state index in [0.717, 1.165) is 44.7 Å². The van der Waals surface area contributed by atoms with Gasteiger partial charge in [-0.25, -0.2) is 9.97 Å². The second-order valence-corrected chi connectivity index (χ2v) is 7.87. The molecule has 2 heterocycles. The highest BCUT2D eigenvalue weighted by Gasteiger charge is 2.38.